The second-order valence-electron chi connectivity index (χ2n) is 13.4. The van der Waals surface area contributed by atoms with E-state index in [0.29, 0.717) is 5.03 Å². The van der Waals surface area contributed by atoms with Crippen LogP contribution in [-0.4, -0.2) is 46.8 Å². The van der Waals surface area contributed by atoms with Crippen molar-refractivity contribution in [3.05, 3.63) is 162 Å². The lowest BCUT2D eigenvalue weighted by Crippen LogP contribution is -2.41. The van der Waals surface area contributed by atoms with E-state index < -0.39 is 24.3 Å². The van der Waals surface area contributed by atoms with Crippen molar-refractivity contribution in [1.82, 2.24) is 15.0 Å². The van der Waals surface area contributed by atoms with Crippen molar-refractivity contribution in [2.75, 3.05) is 24.8 Å². The molecule has 0 spiro atoms. The molecule has 7 rings (SSSR count). The SMILES string of the molecule is CC(C)C(=O)OCOC(=O)c1c(Sc2ccc(-c3ccc(N4CCCCC4)cc3)cc2)nnn1C(c1ccccc1)(c1ccccc1)c1ccccc1. The molecule has 0 unspecified atom stereocenters. The molecule has 0 amide bonds. The van der Waals surface area contributed by atoms with Gasteiger partial charge < -0.3 is 14.4 Å². The molecule has 5 aromatic carbocycles. The van der Waals surface area contributed by atoms with Crippen molar-refractivity contribution < 1.29 is 19.1 Å². The Morgan fingerprint density at radius 2 is 1.19 bits per heavy atom. The highest BCUT2D eigenvalue weighted by molar-refractivity contribution is 7.99. The maximum absolute atomic E-state index is 14.3. The number of esters is 2. The van der Waals surface area contributed by atoms with Crippen molar-refractivity contribution in [1.29, 1.82) is 0 Å². The van der Waals surface area contributed by atoms with E-state index in [0.717, 1.165) is 45.8 Å². The van der Waals surface area contributed by atoms with Gasteiger partial charge in [0.15, 0.2) is 10.7 Å². The first kappa shape index (κ1) is 35.7. The zero-order valence-electron chi connectivity index (χ0n) is 29.9. The highest BCUT2D eigenvalue weighted by Gasteiger charge is 2.43. The van der Waals surface area contributed by atoms with Gasteiger partial charge in [-0.05, 0) is 71.3 Å². The van der Waals surface area contributed by atoms with Crippen molar-refractivity contribution >= 4 is 29.4 Å². The topological polar surface area (TPSA) is 86.6 Å². The van der Waals surface area contributed by atoms with E-state index in [2.05, 4.69) is 46.4 Å². The van der Waals surface area contributed by atoms with Gasteiger partial charge in [0.2, 0.25) is 6.79 Å². The summed E-state index contributed by atoms with van der Waals surface area (Å²) in [4.78, 5) is 29.9. The van der Waals surface area contributed by atoms with E-state index in [4.69, 9.17) is 14.7 Å². The maximum atomic E-state index is 14.3. The molecule has 53 heavy (non-hydrogen) atoms. The maximum Gasteiger partial charge on any atom is 0.362 e. The fourth-order valence-corrected chi connectivity index (χ4v) is 7.71. The van der Waals surface area contributed by atoms with Crippen molar-refractivity contribution in [2.24, 2.45) is 5.92 Å². The van der Waals surface area contributed by atoms with Gasteiger partial charge in [0.25, 0.3) is 0 Å². The lowest BCUT2D eigenvalue weighted by atomic mass is 9.77. The average Bonchev–Trinajstić information content (AvgIpc) is 3.63. The van der Waals surface area contributed by atoms with Crippen molar-refractivity contribution in [3.8, 4) is 11.1 Å². The third kappa shape index (κ3) is 7.62. The smallest absolute Gasteiger partial charge is 0.362 e. The molecule has 1 aliphatic heterocycles. The Labute approximate surface area is 314 Å². The summed E-state index contributed by atoms with van der Waals surface area (Å²) in [5.74, 6) is -1.55. The van der Waals surface area contributed by atoms with Crippen molar-refractivity contribution in [3.63, 3.8) is 0 Å². The summed E-state index contributed by atoms with van der Waals surface area (Å²) in [6.07, 6.45) is 3.79. The lowest BCUT2D eigenvalue weighted by Gasteiger charge is -2.36. The van der Waals surface area contributed by atoms with Crippen LogP contribution in [0.3, 0.4) is 0 Å². The van der Waals surface area contributed by atoms with E-state index >= 15 is 0 Å². The predicted molar refractivity (Wildman–Crippen MR) is 208 cm³/mol. The van der Waals surface area contributed by atoms with Crippen LogP contribution in [0.5, 0.6) is 0 Å². The van der Waals surface area contributed by atoms with Crippen LogP contribution in [0.25, 0.3) is 11.1 Å². The van der Waals surface area contributed by atoms with Gasteiger partial charge in [0, 0.05) is 23.7 Å². The molecule has 2 heterocycles. The number of anilines is 1. The number of benzene rings is 5. The first-order valence-electron chi connectivity index (χ1n) is 18.0. The molecule has 0 aliphatic carbocycles. The van der Waals surface area contributed by atoms with Gasteiger partial charge in [-0.3, -0.25) is 4.79 Å². The molecule has 9 heteroatoms. The molecule has 0 atom stereocenters. The lowest BCUT2D eigenvalue weighted by molar-refractivity contribution is -0.155. The van der Waals surface area contributed by atoms with Crippen LogP contribution >= 0.6 is 11.8 Å². The minimum absolute atomic E-state index is 0.129. The van der Waals surface area contributed by atoms with Crippen molar-refractivity contribution in [2.45, 2.75) is 48.6 Å². The summed E-state index contributed by atoms with van der Waals surface area (Å²) in [5, 5.41) is 9.75. The van der Waals surface area contributed by atoms with Gasteiger partial charge in [-0.25, -0.2) is 9.48 Å². The van der Waals surface area contributed by atoms with E-state index in [1.165, 1.54) is 36.7 Å². The second kappa shape index (κ2) is 16.3. The summed E-state index contributed by atoms with van der Waals surface area (Å²) in [6.45, 7) is 5.13. The van der Waals surface area contributed by atoms with Gasteiger partial charge in [-0.1, -0.05) is 146 Å². The number of rotatable bonds is 12. The molecule has 8 nitrogen and oxygen atoms in total. The van der Waals surface area contributed by atoms with Crippen LogP contribution in [0.4, 0.5) is 5.69 Å². The minimum atomic E-state index is -1.12. The number of aromatic nitrogens is 3. The second-order valence-corrected chi connectivity index (χ2v) is 14.4. The molecule has 0 N–H and O–H groups in total. The summed E-state index contributed by atoms with van der Waals surface area (Å²) >= 11 is 1.33. The van der Waals surface area contributed by atoms with Crippen LogP contribution in [0, 0.1) is 5.92 Å². The average molecular weight is 723 g/mol. The van der Waals surface area contributed by atoms with Crippen LogP contribution in [0.2, 0.25) is 0 Å². The Bertz CT molecular complexity index is 2020. The van der Waals surface area contributed by atoms with E-state index in [1.54, 1.807) is 18.5 Å². The molecule has 0 bridgehead atoms. The first-order chi connectivity index (χ1) is 25.9. The predicted octanol–water partition coefficient (Wildman–Crippen LogP) is 9.24. The number of carbonyl (C=O) groups excluding carboxylic acids is 2. The summed E-state index contributed by atoms with van der Waals surface area (Å²) in [5.41, 5.74) is 5.10. The molecule has 0 saturated carbocycles. The monoisotopic (exact) mass is 722 g/mol. The Morgan fingerprint density at radius 1 is 0.679 bits per heavy atom. The largest absolute Gasteiger partial charge is 0.428 e. The number of ether oxygens (including phenoxy) is 2. The van der Waals surface area contributed by atoms with Gasteiger partial charge in [-0.2, -0.15) is 0 Å². The number of carbonyl (C=O) groups is 2. The highest BCUT2D eigenvalue weighted by Crippen LogP contribution is 2.43. The van der Waals surface area contributed by atoms with E-state index in [1.807, 2.05) is 103 Å². The molecular formula is C44H42N4O4S. The molecule has 268 valence electrons. The van der Waals surface area contributed by atoms with Crippen LogP contribution in [0.1, 0.15) is 60.3 Å². The van der Waals surface area contributed by atoms with Gasteiger partial charge in [0.05, 0.1) is 5.92 Å². The van der Waals surface area contributed by atoms with E-state index in [-0.39, 0.29) is 11.6 Å². The highest BCUT2D eigenvalue weighted by atomic mass is 32.2. The number of piperidine rings is 1. The van der Waals surface area contributed by atoms with Gasteiger partial charge in [-0.15, -0.1) is 5.10 Å². The molecule has 1 aliphatic rings. The number of hydrogen-bond acceptors (Lipinski definition) is 8. The molecule has 1 fully saturated rings. The van der Waals surface area contributed by atoms with E-state index in [9.17, 15) is 9.59 Å². The molecule has 0 radical (unpaired) electrons. The Hall–Kier alpha value is -5.67. The zero-order chi connectivity index (χ0) is 36.6. The standard InChI is InChI=1S/C44H42N4O4S/c1-32(2)42(49)51-31-52-43(50)40-41(53-39-27-23-34(24-28-39)33-21-25-38(26-22-33)47-29-13-6-14-30-47)45-46-48(40)44(35-15-7-3-8-16-35,36-17-9-4-10-18-36)37-19-11-5-12-20-37/h3-5,7-12,15-28,32H,6,13-14,29-31H2,1-2H3. The molecule has 6 aromatic rings. The zero-order valence-corrected chi connectivity index (χ0v) is 30.7. The fourth-order valence-electron chi connectivity index (χ4n) is 6.87. The van der Waals surface area contributed by atoms with Crippen LogP contribution in [0.15, 0.2) is 149 Å². The fraction of sp³-hybridized carbons (Fsp3) is 0.227. The van der Waals surface area contributed by atoms with Gasteiger partial charge in [0.1, 0.15) is 5.54 Å². The minimum Gasteiger partial charge on any atom is -0.428 e. The summed E-state index contributed by atoms with van der Waals surface area (Å²) in [6, 6.07) is 46.8. The molecule has 1 aromatic heterocycles. The summed E-state index contributed by atoms with van der Waals surface area (Å²) < 4.78 is 12.6. The quantitative estimate of drug-likeness (QED) is 0.0702. The van der Waals surface area contributed by atoms with Gasteiger partial charge >= 0.3 is 11.9 Å². The Morgan fingerprint density at radius 3 is 1.70 bits per heavy atom. The Balaban J connectivity index is 1.28. The Kier molecular flexibility index (Phi) is 11.0. The summed E-state index contributed by atoms with van der Waals surface area (Å²) in [7, 11) is 0. The molecule has 1 saturated heterocycles. The van der Waals surface area contributed by atoms with Crippen LogP contribution in [-0.2, 0) is 19.8 Å². The number of hydrogen-bond donors (Lipinski definition) is 0. The third-order valence-electron chi connectivity index (χ3n) is 9.58. The normalized spacial score (nSPS) is 13.2. The first-order valence-corrected chi connectivity index (χ1v) is 18.9. The van der Waals surface area contributed by atoms with Crippen LogP contribution < -0.4 is 4.90 Å². The third-order valence-corrected chi connectivity index (χ3v) is 10.6. The molecular weight excluding hydrogens is 681 g/mol. The number of nitrogens with zero attached hydrogens (tertiary/aromatic N) is 4.